The molecule has 0 radical (unpaired) electrons. The molecule has 0 fully saturated rings. The van der Waals surface area contributed by atoms with Gasteiger partial charge in [-0.05, 0) is 37.3 Å². The molecule has 3 aromatic rings. The second kappa shape index (κ2) is 9.27. The molecule has 9 heteroatoms. The van der Waals surface area contributed by atoms with E-state index in [0.717, 1.165) is 17.6 Å². The number of aromatic nitrogens is 2. The van der Waals surface area contributed by atoms with Gasteiger partial charge in [-0.1, -0.05) is 18.2 Å². The van der Waals surface area contributed by atoms with E-state index in [-0.39, 0.29) is 10.6 Å². The van der Waals surface area contributed by atoms with Gasteiger partial charge in [-0.25, -0.2) is 18.8 Å². The number of nitrogens with zero attached hydrogens (tertiary/aromatic N) is 3. The zero-order chi connectivity index (χ0) is 21.6. The predicted octanol–water partition coefficient (Wildman–Crippen LogP) is 2.71. The Kier molecular flexibility index (Phi) is 6.53. The lowest BCUT2D eigenvalue weighted by molar-refractivity contribution is 0.0950. The average Bonchev–Trinajstić information content (AvgIpc) is 2.74. The van der Waals surface area contributed by atoms with Crippen LogP contribution in [-0.2, 0) is 9.84 Å². The highest BCUT2D eigenvalue weighted by molar-refractivity contribution is 7.90. The lowest BCUT2D eigenvalue weighted by Crippen LogP contribution is -2.19. The van der Waals surface area contributed by atoms with Crippen molar-refractivity contribution in [3.8, 4) is 17.0 Å². The van der Waals surface area contributed by atoms with Gasteiger partial charge >= 0.3 is 0 Å². The van der Waals surface area contributed by atoms with Gasteiger partial charge in [-0.3, -0.25) is 9.78 Å². The van der Waals surface area contributed by atoms with E-state index in [4.69, 9.17) is 4.74 Å². The highest BCUT2D eigenvalue weighted by Gasteiger charge is 2.12. The molecule has 1 N–H and O–H groups in total. The van der Waals surface area contributed by atoms with Crippen molar-refractivity contribution >= 4 is 22.0 Å². The van der Waals surface area contributed by atoms with Gasteiger partial charge in [0, 0.05) is 17.4 Å². The van der Waals surface area contributed by atoms with Crippen molar-refractivity contribution in [3.63, 3.8) is 0 Å². The van der Waals surface area contributed by atoms with Gasteiger partial charge in [0.05, 0.1) is 35.8 Å². The van der Waals surface area contributed by atoms with E-state index in [2.05, 4.69) is 20.5 Å². The first-order chi connectivity index (χ1) is 14.4. The highest BCUT2D eigenvalue weighted by Crippen LogP contribution is 2.20. The molecular formula is C21H20N4O4S. The summed E-state index contributed by atoms with van der Waals surface area (Å²) in [5, 5.41) is 3.85. The van der Waals surface area contributed by atoms with Crippen molar-refractivity contribution < 1.29 is 17.9 Å². The van der Waals surface area contributed by atoms with Crippen molar-refractivity contribution in [1.29, 1.82) is 0 Å². The van der Waals surface area contributed by atoms with Crippen LogP contribution in [0.1, 0.15) is 23.0 Å². The second-order valence-corrected chi connectivity index (χ2v) is 8.24. The number of carbonyl (C=O) groups excluding carboxylic acids is 1. The van der Waals surface area contributed by atoms with Crippen LogP contribution < -0.4 is 10.2 Å². The molecular weight excluding hydrogens is 404 g/mol. The summed E-state index contributed by atoms with van der Waals surface area (Å²) >= 11 is 0. The largest absolute Gasteiger partial charge is 0.494 e. The molecule has 3 rings (SSSR count). The van der Waals surface area contributed by atoms with Crippen LogP contribution in [0.3, 0.4) is 0 Å². The van der Waals surface area contributed by atoms with Gasteiger partial charge in [-0.15, -0.1) is 0 Å². The third-order valence-electron chi connectivity index (χ3n) is 4.02. The number of hydrazone groups is 1. The Hall–Kier alpha value is -3.59. The Balaban J connectivity index is 1.74. The van der Waals surface area contributed by atoms with Crippen LogP contribution in [0.2, 0.25) is 0 Å². The van der Waals surface area contributed by atoms with Gasteiger partial charge in [-0.2, -0.15) is 5.10 Å². The summed E-state index contributed by atoms with van der Waals surface area (Å²) in [4.78, 5) is 20.9. The topological polar surface area (TPSA) is 111 Å². The summed E-state index contributed by atoms with van der Waals surface area (Å²) in [6, 6.07) is 13.7. The van der Waals surface area contributed by atoms with E-state index in [1.54, 1.807) is 24.4 Å². The minimum absolute atomic E-state index is 0.0786. The molecule has 1 heterocycles. The summed E-state index contributed by atoms with van der Waals surface area (Å²) in [6.07, 6.45) is 5.27. The molecule has 0 saturated heterocycles. The number of benzene rings is 2. The maximum atomic E-state index is 12.4. The van der Waals surface area contributed by atoms with Crippen molar-refractivity contribution in [2.45, 2.75) is 11.8 Å². The number of nitrogens with one attached hydrogen (secondary N) is 1. The molecule has 0 bridgehead atoms. The van der Waals surface area contributed by atoms with Gasteiger partial charge < -0.3 is 4.74 Å². The Morgan fingerprint density at radius 1 is 1.13 bits per heavy atom. The standard InChI is InChI=1S/C21H20N4O4S/c1-3-29-17-10-8-15(9-11-17)18-13-22-14-19(24-18)21(26)25-23-12-16-6-4-5-7-20(16)30(2,27)28/h4-14H,3H2,1-2H3,(H,25,26)/b23-12+. The smallest absolute Gasteiger partial charge is 0.291 e. The first kappa shape index (κ1) is 21.1. The summed E-state index contributed by atoms with van der Waals surface area (Å²) in [5.74, 6) is 0.176. The fraction of sp³-hybridized carbons (Fsp3) is 0.143. The number of sulfone groups is 1. The maximum absolute atomic E-state index is 12.4. The third kappa shape index (κ3) is 5.26. The van der Waals surface area contributed by atoms with Crippen LogP contribution in [0.15, 0.2) is 70.9 Å². The molecule has 1 amide bonds. The summed E-state index contributed by atoms with van der Waals surface area (Å²) < 4.78 is 29.1. The number of ether oxygens (including phenoxy) is 1. The van der Waals surface area contributed by atoms with Crippen molar-refractivity contribution in [2.24, 2.45) is 5.10 Å². The third-order valence-corrected chi connectivity index (χ3v) is 5.19. The molecule has 0 spiro atoms. The van der Waals surface area contributed by atoms with Crippen LogP contribution in [-0.4, -0.2) is 43.4 Å². The highest BCUT2D eigenvalue weighted by atomic mass is 32.2. The lowest BCUT2D eigenvalue weighted by atomic mass is 10.1. The maximum Gasteiger partial charge on any atom is 0.291 e. The molecule has 0 aliphatic heterocycles. The molecule has 0 saturated carbocycles. The summed E-state index contributed by atoms with van der Waals surface area (Å²) in [7, 11) is -3.41. The van der Waals surface area contributed by atoms with Crippen LogP contribution >= 0.6 is 0 Å². The van der Waals surface area contributed by atoms with Crippen LogP contribution in [0.5, 0.6) is 5.75 Å². The molecule has 0 aliphatic rings. The van der Waals surface area contributed by atoms with Crippen LogP contribution in [0.25, 0.3) is 11.3 Å². The SMILES string of the molecule is CCOc1ccc(-c2cncc(C(=O)N/N=C/c3ccccc3S(C)(=O)=O)n2)cc1. The van der Waals surface area contributed by atoms with Crippen LogP contribution in [0, 0.1) is 0 Å². The Morgan fingerprint density at radius 3 is 2.57 bits per heavy atom. The van der Waals surface area contributed by atoms with Crippen molar-refractivity contribution in [2.75, 3.05) is 12.9 Å². The van der Waals surface area contributed by atoms with Crippen molar-refractivity contribution in [3.05, 3.63) is 72.2 Å². The average molecular weight is 424 g/mol. The fourth-order valence-electron chi connectivity index (χ4n) is 2.65. The zero-order valence-corrected chi connectivity index (χ0v) is 17.3. The van der Waals surface area contributed by atoms with E-state index in [0.29, 0.717) is 17.9 Å². The van der Waals surface area contributed by atoms with E-state index in [1.807, 2.05) is 31.2 Å². The van der Waals surface area contributed by atoms with Gasteiger partial charge in [0.1, 0.15) is 11.4 Å². The Labute approximate surface area is 174 Å². The number of hydrogen-bond donors (Lipinski definition) is 1. The quantitative estimate of drug-likeness (QED) is 0.461. The predicted molar refractivity (Wildman–Crippen MR) is 113 cm³/mol. The monoisotopic (exact) mass is 424 g/mol. The van der Waals surface area contributed by atoms with Crippen LogP contribution in [0.4, 0.5) is 0 Å². The molecule has 2 aromatic carbocycles. The molecule has 1 aromatic heterocycles. The molecule has 154 valence electrons. The van der Waals surface area contributed by atoms with Gasteiger partial charge in [0.2, 0.25) is 0 Å². The molecule has 0 atom stereocenters. The second-order valence-electron chi connectivity index (χ2n) is 6.26. The Morgan fingerprint density at radius 2 is 1.87 bits per heavy atom. The number of carbonyl (C=O) groups is 1. The van der Waals surface area contributed by atoms with Gasteiger partial charge in [0.15, 0.2) is 9.84 Å². The lowest BCUT2D eigenvalue weighted by Gasteiger charge is -2.06. The van der Waals surface area contributed by atoms with E-state index in [1.165, 1.54) is 18.5 Å². The normalized spacial score (nSPS) is 11.4. The fourth-order valence-corrected chi connectivity index (χ4v) is 3.52. The van der Waals surface area contributed by atoms with Crippen molar-refractivity contribution in [1.82, 2.24) is 15.4 Å². The number of rotatable bonds is 7. The minimum Gasteiger partial charge on any atom is -0.494 e. The minimum atomic E-state index is -3.41. The number of amides is 1. The molecule has 0 unspecified atom stereocenters. The summed E-state index contributed by atoms with van der Waals surface area (Å²) in [6.45, 7) is 2.48. The first-order valence-corrected chi connectivity index (χ1v) is 11.0. The van der Waals surface area contributed by atoms with E-state index < -0.39 is 15.7 Å². The molecule has 30 heavy (non-hydrogen) atoms. The van der Waals surface area contributed by atoms with E-state index in [9.17, 15) is 13.2 Å². The Bertz CT molecular complexity index is 1180. The zero-order valence-electron chi connectivity index (χ0n) is 16.4. The molecule has 8 nitrogen and oxygen atoms in total. The molecule has 0 aliphatic carbocycles. The van der Waals surface area contributed by atoms with E-state index >= 15 is 0 Å². The number of hydrogen-bond acceptors (Lipinski definition) is 7. The summed E-state index contributed by atoms with van der Waals surface area (Å²) in [5.41, 5.74) is 4.10. The first-order valence-electron chi connectivity index (χ1n) is 9.06. The van der Waals surface area contributed by atoms with Gasteiger partial charge in [0.25, 0.3) is 5.91 Å².